The highest BCUT2D eigenvalue weighted by Gasteiger charge is 2.23. The number of methoxy groups -OCH3 is 2. The minimum atomic E-state index is 0.144. The number of ether oxygens (including phenoxy) is 2. The van der Waals surface area contributed by atoms with Crippen molar-refractivity contribution in [3.8, 4) is 28.6 Å². The van der Waals surface area contributed by atoms with Crippen molar-refractivity contribution in [2.75, 3.05) is 33.1 Å². The van der Waals surface area contributed by atoms with Gasteiger partial charge in [-0.05, 0) is 30.9 Å². The predicted molar refractivity (Wildman–Crippen MR) is 126 cm³/mol. The van der Waals surface area contributed by atoms with Crippen LogP contribution in [0.4, 0.5) is 0 Å². The van der Waals surface area contributed by atoms with E-state index in [-0.39, 0.29) is 5.91 Å². The van der Waals surface area contributed by atoms with E-state index in [0.717, 1.165) is 37.2 Å². The largest absolute Gasteiger partial charge is 0.493 e. The average Bonchev–Trinajstić information content (AvgIpc) is 3.27. The molecule has 0 N–H and O–H groups in total. The molecule has 32 heavy (non-hydrogen) atoms. The normalized spacial score (nSPS) is 14.4. The van der Waals surface area contributed by atoms with Crippen LogP contribution in [0.1, 0.15) is 19.8 Å². The Morgan fingerprint density at radius 3 is 2.44 bits per heavy atom. The predicted octanol–water partition coefficient (Wildman–Crippen LogP) is 4.30. The SMILES string of the molecule is COc1ccc(-n2c(SCC(=O)N3CCC(C)CC3)nnc2-c2ccccc2)cc1OC. The van der Waals surface area contributed by atoms with Crippen molar-refractivity contribution in [2.24, 2.45) is 5.92 Å². The molecule has 0 radical (unpaired) electrons. The number of thioether (sulfide) groups is 1. The standard InChI is InChI=1S/C24H28N4O3S/c1-17-11-13-27(14-12-17)22(29)16-32-24-26-25-23(18-7-5-4-6-8-18)28(24)19-9-10-20(30-2)21(15-19)31-3/h4-10,15,17H,11-14,16H2,1-3H3. The van der Waals surface area contributed by atoms with E-state index in [4.69, 9.17) is 9.47 Å². The fraction of sp³-hybridized carbons (Fsp3) is 0.375. The Hall–Kier alpha value is -3.00. The van der Waals surface area contributed by atoms with Gasteiger partial charge >= 0.3 is 0 Å². The number of amides is 1. The fourth-order valence-electron chi connectivity index (χ4n) is 3.81. The van der Waals surface area contributed by atoms with E-state index in [0.29, 0.717) is 34.2 Å². The second-order valence-corrected chi connectivity index (χ2v) is 8.84. The first-order valence-corrected chi connectivity index (χ1v) is 11.7. The first-order chi connectivity index (χ1) is 15.6. The van der Waals surface area contributed by atoms with Crippen molar-refractivity contribution >= 4 is 17.7 Å². The van der Waals surface area contributed by atoms with Crippen LogP contribution in [0.15, 0.2) is 53.7 Å². The molecule has 2 aromatic carbocycles. The minimum absolute atomic E-state index is 0.144. The molecule has 168 valence electrons. The van der Waals surface area contributed by atoms with Gasteiger partial charge in [0.1, 0.15) is 0 Å². The Bertz CT molecular complexity index is 1060. The van der Waals surface area contributed by atoms with Gasteiger partial charge in [-0.2, -0.15) is 0 Å². The summed E-state index contributed by atoms with van der Waals surface area (Å²) in [6.45, 7) is 3.91. The van der Waals surface area contributed by atoms with E-state index in [1.165, 1.54) is 11.8 Å². The van der Waals surface area contributed by atoms with Gasteiger partial charge in [-0.15, -0.1) is 10.2 Å². The maximum atomic E-state index is 12.8. The highest BCUT2D eigenvalue weighted by atomic mass is 32.2. The van der Waals surface area contributed by atoms with E-state index in [9.17, 15) is 4.79 Å². The summed E-state index contributed by atoms with van der Waals surface area (Å²) in [7, 11) is 3.22. The number of aromatic nitrogens is 3. The van der Waals surface area contributed by atoms with Gasteiger partial charge < -0.3 is 14.4 Å². The van der Waals surface area contributed by atoms with Crippen molar-refractivity contribution in [2.45, 2.75) is 24.9 Å². The van der Waals surface area contributed by atoms with Crippen molar-refractivity contribution in [3.05, 3.63) is 48.5 Å². The Balaban J connectivity index is 1.64. The molecule has 8 heteroatoms. The molecule has 3 aromatic rings. The summed E-state index contributed by atoms with van der Waals surface area (Å²) in [4.78, 5) is 14.8. The van der Waals surface area contributed by atoms with Gasteiger partial charge in [-0.1, -0.05) is 49.0 Å². The Morgan fingerprint density at radius 1 is 1.03 bits per heavy atom. The maximum absolute atomic E-state index is 12.8. The quantitative estimate of drug-likeness (QED) is 0.498. The minimum Gasteiger partial charge on any atom is -0.493 e. The number of nitrogens with zero attached hydrogens (tertiary/aromatic N) is 4. The van der Waals surface area contributed by atoms with E-state index < -0.39 is 0 Å². The molecule has 0 bridgehead atoms. The number of rotatable bonds is 7. The van der Waals surface area contributed by atoms with Gasteiger partial charge in [0, 0.05) is 24.7 Å². The maximum Gasteiger partial charge on any atom is 0.233 e. The van der Waals surface area contributed by atoms with Crippen LogP contribution in [-0.4, -0.2) is 58.6 Å². The zero-order valence-corrected chi connectivity index (χ0v) is 19.5. The fourth-order valence-corrected chi connectivity index (χ4v) is 4.66. The molecule has 0 aliphatic carbocycles. The average molecular weight is 453 g/mol. The highest BCUT2D eigenvalue weighted by molar-refractivity contribution is 7.99. The summed E-state index contributed by atoms with van der Waals surface area (Å²) >= 11 is 1.41. The summed E-state index contributed by atoms with van der Waals surface area (Å²) in [6, 6.07) is 15.6. The topological polar surface area (TPSA) is 69.5 Å². The summed E-state index contributed by atoms with van der Waals surface area (Å²) in [5, 5.41) is 9.55. The molecule has 1 fully saturated rings. The molecule has 0 saturated carbocycles. The zero-order valence-electron chi connectivity index (χ0n) is 18.7. The second-order valence-electron chi connectivity index (χ2n) is 7.90. The van der Waals surface area contributed by atoms with Gasteiger partial charge in [-0.3, -0.25) is 9.36 Å². The van der Waals surface area contributed by atoms with Gasteiger partial charge in [-0.25, -0.2) is 0 Å². The zero-order chi connectivity index (χ0) is 22.5. The number of hydrogen-bond donors (Lipinski definition) is 0. The number of piperidine rings is 1. The molecular formula is C24H28N4O3S. The Labute approximate surface area is 192 Å². The van der Waals surface area contributed by atoms with Crippen LogP contribution in [0.25, 0.3) is 17.1 Å². The lowest BCUT2D eigenvalue weighted by atomic mass is 9.99. The molecule has 4 rings (SSSR count). The van der Waals surface area contributed by atoms with Gasteiger partial charge in [0.2, 0.25) is 5.91 Å². The van der Waals surface area contributed by atoms with Gasteiger partial charge in [0.05, 0.1) is 25.7 Å². The van der Waals surface area contributed by atoms with Crippen LogP contribution >= 0.6 is 11.8 Å². The molecule has 1 saturated heterocycles. The van der Waals surface area contributed by atoms with Crippen LogP contribution < -0.4 is 9.47 Å². The highest BCUT2D eigenvalue weighted by Crippen LogP contribution is 2.33. The van der Waals surface area contributed by atoms with Crippen molar-refractivity contribution < 1.29 is 14.3 Å². The van der Waals surface area contributed by atoms with E-state index in [1.807, 2.05) is 58.0 Å². The van der Waals surface area contributed by atoms with Gasteiger partial charge in [0.25, 0.3) is 0 Å². The molecule has 0 atom stereocenters. The number of likely N-dealkylation sites (tertiary alicyclic amines) is 1. The number of carbonyl (C=O) groups is 1. The van der Waals surface area contributed by atoms with Crippen LogP contribution in [0.3, 0.4) is 0 Å². The Kier molecular flexibility index (Phi) is 6.99. The number of benzene rings is 2. The first kappa shape index (κ1) is 22.2. The van der Waals surface area contributed by atoms with Crippen LogP contribution in [0.5, 0.6) is 11.5 Å². The Morgan fingerprint density at radius 2 is 1.75 bits per heavy atom. The van der Waals surface area contributed by atoms with Crippen LogP contribution in [0, 0.1) is 5.92 Å². The van der Waals surface area contributed by atoms with Gasteiger partial charge in [0.15, 0.2) is 22.5 Å². The molecule has 7 nitrogen and oxygen atoms in total. The molecular weight excluding hydrogens is 424 g/mol. The third-order valence-electron chi connectivity index (χ3n) is 5.75. The monoisotopic (exact) mass is 452 g/mol. The molecule has 1 aromatic heterocycles. The number of carbonyl (C=O) groups excluding carboxylic acids is 1. The molecule has 0 spiro atoms. The third kappa shape index (κ3) is 4.75. The van der Waals surface area contributed by atoms with Crippen molar-refractivity contribution in [3.63, 3.8) is 0 Å². The van der Waals surface area contributed by atoms with E-state index in [2.05, 4.69) is 17.1 Å². The molecule has 1 aliphatic rings. The summed E-state index contributed by atoms with van der Waals surface area (Å²) < 4.78 is 12.9. The van der Waals surface area contributed by atoms with E-state index in [1.54, 1.807) is 14.2 Å². The lowest BCUT2D eigenvalue weighted by molar-refractivity contribution is -0.129. The van der Waals surface area contributed by atoms with E-state index >= 15 is 0 Å². The molecule has 0 unspecified atom stereocenters. The summed E-state index contributed by atoms with van der Waals surface area (Å²) in [6.07, 6.45) is 2.13. The third-order valence-corrected chi connectivity index (χ3v) is 6.67. The lowest BCUT2D eigenvalue weighted by Gasteiger charge is -2.30. The van der Waals surface area contributed by atoms with Crippen LogP contribution in [-0.2, 0) is 4.79 Å². The first-order valence-electron chi connectivity index (χ1n) is 10.7. The summed E-state index contributed by atoms with van der Waals surface area (Å²) in [5.41, 5.74) is 1.78. The lowest BCUT2D eigenvalue weighted by Crippen LogP contribution is -2.38. The molecule has 1 amide bonds. The van der Waals surface area contributed by atoms with Crippen molar-refractivity contribution in [1.29, 1.82) is 0 Å². The number of hydrogen-bond acceptors (Lipinski definition) is 6. The second kappa shape index (κ2) is 10.1. The smallest absolute Gasteiger partial charge is 0.233 e. The molecule has 2 heterocycles. The molecule has 1 aliphatic heterocycles. The van der Waals surface area contributed by atoms with Crippen molar-refractivity contribution in [1.82, 2.24) is 19.7 Å². The van der Waals surface area contributed by atoms with Crippen LogP contribution in [0.2, 0.25) is 0 Å². The summed E-state index contributed by atoms with van der Waals surface area (Å²) in [5.74, 6) is 3.13.